The Morgan fingerprint density at radius 3 is 2.20 bits per heavy atom. The van der Waals surface area contributed by atoms with Crippen molar-refractivity contribution in [2.45, 2.75) is 4.16 Å². The van der Waals surface area contributed by atoms with Crippen LogP contribution in [0.2, 0.25) is 5.02 Å². The number of alkyl halides is 1. The molecule has 0 bridgehead atoms. The van der Waals surface area contributed by atoms with Gasteiger partial charge in [0.1, 0.15) is 0 Å². The van der Waals surface area contributed by atoms with Crippen LogP contribution in [0.15, 0.2) is 24.3 Å². The summed E-state index contributed by atoms with van der Waals surface area (Å²) in [7, 11) is -3.43. The van der Waals surface area contributed by atoms with Crippen molar-refractivity contribution in [3.05, 3.63) is 34.9 Å². The number of benzene rings is 1. The van der Waals surface area contributed by atoms with Gasteiger partial charge < -0.3 is 0 Å². The van der Waals surface area contributed by atoms with E-state index in [2.05, 4.69) is 15.9 Å². The van der Waals surface area contributed by atoms with Gasteiger partial charge in [0.25, 0.3) is 0 Å². The molecule has 15 heavy (non-hydrogen) atoms. The zero-order valence-electron chi connectivity index (χ0n) is 7.78. The van der Waals surface area contributed by atoms with Crippen LogP contribution in [0.5, 0.6) is 0 Å². The SMILES string of the molecule is CS(=O)(=O)C(Br)C(=O)c1ccc(Cl)cc1. The first-order valence-corrected chi connectivity index (χ1v) is 7.20. The molecule has 0 N–H and O–H groups in total. The maximum Gasteiger partial charge on any atom is 0.191 e. The molecule has 1 aromatic rings. The van der Waals surface area contributed by atoms with Crippen LogP contribution in [-0.2, 0) is 9.84 Å². The molecule has 82 valence electrons. The number of carbonyl (C=O) groups is 1. The monoisotopic (exact) mass is 310 g/mol. The lowest BCUT2D eigenvalue weighted by Crippen LogP contribution is -2.23. The van der Waals surface area contributed by atoms with Crippen LogP contribution >= 0.6 is 27.5 Å². The molecular weight excluding hydrogens is 304 g/mol. The van der Waals surface area contributed by atoms with Gasteiger partial charge in [-0.05, 0) is 24.3 Å². The molecule has 1 aromatic carbocycles. The van der Waals surface area contributed by atoms with Crippen molar-refractivity contribution in [2.24, 2.45) is 0 Å². The van der Waals surface area contributed by atoms with E-state index in [0.29, 0.717) is 10.6 Å². The van der Waals surface area contributed by atoms with Gasteiger partial charge in [-0.25, -0.2) is 8.42 Å². The molecule has 0 aliphatic carbocycles. The maximum absolute atomic E-state index is 11.6. The molecule has 0 saturated carbocycles. The Hall–Kier alpha value is -0.390. The van der Waals surface area contributed by atoms with Gasteiger partial charge in [0.15, 0.2) is 19.8 Å². The maximum atomic E-state index is 11.6. The second kappa shape index (κ2) is 4.63. The summed E-state index contributed by atoms with van der Waals surface area (Å²) in [5.74, 6) is -0.492. The van der Waals surface area contributed by atoms with Gasteiger partial charge in [-0.3, -0.25) is 4.79 Å². The molecule has 3 nitrogen and oxygen atoms in total. The average molecular weight is 312 g/mol. The lowest BCUT2D eigenvalue weighted by atomic mass is 10.1. The van der Waals surface area contributed by atoms with Crippen LogP contribution in [-0.4, -0.2) is 24.6 Å². The number of hydrogen-bond donors (Lipinski definition) is 0. The number of ketones is 1. The number of sulfone groups is 1. The van der Waals surface area contributed by atoms with Crippen molar-refractivity contribution in [3.63, 3.8) is 0 Å². The number of Topliss-reactive ketones (excluding diaryl/α,β-unsaturated/α-hetero) is 1. The molecule has 0 saturated heterocycles. The van der Waals surface area contributed by atoms with Crippen LogP contribution < -0.4 is 0 Å². The normalized spacial score (nSPS) is 13.5. The third-order valence-electron chi connectivity index (χ3n) is 1.71. The van der Waals surface area contributed by atoms with Gasteiger partial charge in [0.05, 0.1) is 0 Å². The van der Waals surface area contributed by atoms with E-state index in [0.717, 1.165) is 6.26 Å². The zero-order chi connectivity index (χ0) is 11.6. The Morgan fingerprint density at radius 2 is 1.80 bits per heavy atom. The molecule has 0 aromatic heterocycles. The summed E-state index contributed by atoms with van der Waals surface area (Å²) < 4.78 is 21.0. The predicted octanol–water partition coefficient (Wildman–Crippen LogP) is 2.29. The standard InChI is InChI=1S/C9H8BrClO3S/c1-15(13,14)9(10)8(12)6-2-4-7(11)5-3-6/h2-5,9H,1H3. The van der Waals surface area contributed by atoms with E-state index < -0.39 is 19.8 Å². The molecule has 0 aliphatic rings. The summed E-state index contributed by atoms with van der Waals surface area (Å²) in [6, 6.07) is 6.06. The Bertz CT molecular complexity index is 467. The van der Waals surface area contributed by atoms with E-state index in [1.54, 1.807) is 0 Å². The zero-order valence-corrected chi connectivity index (χ0v) is 10.9. The van der Waals surface area contributed by atoms with Crippen LogP contribution in [0.4, 0.5) is 0 Å². The van der Waals surface area contributed by atoms with E-state index >= 15 is 0 Å². The second-order valence-corrected chi connectivity index (χ2v) is 7.11. The third-order valence-corrected chi connectivity index (χ3v) is 5.38. The first-order valence-electron chi connectivity index (χ1n) is 3.95. The molecule has 1 rings (SSSR count). The molecule has 0 amide bonds. The van der Waals surface area contributed by atoms with Gasteiger partial charge >= 0.3 is 0 Å². The summed E-state index contributed by atoms with van der Waals surface area (Å²) in [5.41, 5.74) is 0.312. The number of carbonyl (C=O) groups excluding carboxylic acids is 1. The molecular formula is C9H8BrClO3S. The highest BCUT2D eigenvalue weighted by atomic mass is 79.9. The smallest absolute Gasteiger partial charge is 0.191 e. The van der Waals surface area contributed by atoms with Crippen LogP contribution in [0.3, 0.4) is 0 Å². The van der Waals surface area contributed by atoms with Gasteiger partial charge in [0.2, 0.25) is 0 Å². The Kier molecular flexibility index (Phi) is 3.92. The Balaban J connectivity index is 3.01. The van der Waals surface area contributed by atoms with Gasteiger partial charge in [-0.2, -0.15) is 0 Å². The minimum absolute atomic E-state index is 0.312. The summed E-state index contributed by atoms with van der Waals surface area (Å²) in [5, 5.41) is 0.497. The van der Waals surface area contributed by atoms with Gasteiger partial charge in [-0.1, -0.05) is 27.5 Å². The van der Waals surface area contributed by atoms with Crippen LogP contribution in [0.1, 0.15) is 10.4 Å². The van der Waals surface area contributed by atoms with Crippen molar-refractivity contribution in [1.82, 2.24) is 0 Å². The van der Waals surface area contributed by atoms with Gasteiger partial charge in [0, 0.05) is 16.8 Å². The highest BCUT2D eigenvalue weighted by molar-refractivity contribution is 9.11. The third kappa shape index (κ3) is 3.29. The van der Waals surface area contributed by atoms with Gasteiger partial charge in [-0.15, -0.1) is 0 Å². The second-order valence-electron chi connectivity index (χ2n) is 3.02. The molecule has 0 aliphatic heterocycles. The lowest BCUT2D eigenvalue weighted by molar-refractivity contribution is 0.101. The summed E-state index contributed by atoms with van der Waals surface area (Å²) in [4.78, 5) is 11.6. The van der Waals surface area contributed by atoms with Crippen LogP contribution in [0, 0.1) is 0 Å². The minimum Gasteiger partial charge on any atom is -0.292 e. The fraction of sp³-hybridized carbons (Fsp3) is 0.222. The highest BCUT2D eigenvalue weighted by Gasteiger charge is 2.26. The molecule has 0 spiro atoms. The van der Waals surface area contributed by atoms with E-state index in [-0.39, 0.29) is 0 Å². The first kappa shape index (κ1) is 12.7. The fourth-order valence-electron chi connectivity index (χ4n) is 0.940. The van der Waals surface area contributed by atoms with Crippen molar-refractivity contribution in [2.75, 3.05) is 6.26 Å². The quantitative estimate of drug-likeness (QED) is 0.636. The summed E-state index contributed by atoms with van der Waals surface area (Å²) in [6.45, 7) is 0. The number of halogens is 2. The van der Waals surface area contributed by atoms with E-state index in [4.69, 9.17) is 11.6 Å². The van der Waals surface area contributed by atoms with Crippen molar-refractivity contribution in [3.8, 4) is 0 Å². The molecule has 1 unspecified atom stereocenters. The summed E-state index contributed by atoms with van der Waals surface area (Å²) in [6.07, 6.45) is 1.00. The largest absolute Gasteiger partial charge is 0.292 e. The topological polar surface area (TPSA) is 51.2 Å². The molecule has 0 radical (unpaired) electrons. The first-order chi connectivity index (χ1) is 6.82. The van der Waals surface area contributed by atoms with E-state index in [9.17, 15) is 13.2 Å². The predicted molar refractivity (Wildman–Crippen MR) is 63.3 cm³/mol. The fourth-order valence-corrected chi connectivity index (χ4v) is 1.85. The molecule has 6 heteroatoms. The minimum atomic E-state index is -3.43. The van der Waals surface area contributed by atoms with Crippen molar-refractivity contribution < 1.29 is 13.2 Å². The van der Waals surface area contributed by atoms with E-state index in [1.807, 2.05) is 0 Å². The summed E-state index contributed by atoms with van der Waals surface area (Å²) >= 11 is 8.49. The highest BCUT2D eigenvalue weighted by Crippen LogP contribution is 2.17. The molecule has 0 fully saturated rings. The molecule has 1 atom stereocenters. The number of hydrogen-bond acceptors (Lipinski definition) is 3. The van der Waals surface area contributed by atoms with Crippen molar-refractivity contribution in [1.29, 1.82) is 0 Å². The Morgan fingerprint density at radius 1 is 1.33 bits per heavy atom. The van der Waals surface area contributed by atoms with Crippen LogP contribution in [0.25, 0.3) is 0 Å². The lowest BCUT2D eigenvalue weighted by Gasteiger charge is -2.06. The van der Waals surface area contributed by atoms with Crippen molar-refractivity contribution >= 4 is 43.2 Å². The average Bonchev–Trinajstić information content (AvgIpc) is 2.15. The Labute approximate surface area is 101 Å². The molecule has 0 heterocycles. The number of rotatable bonds is 3. The van der Waals surface area contributed by atoms with E-state index in [1.165, 1.54) is 24.3 Å².